The van der Waals surface area contributed by atoms with Crippen LogP contribution in [0.5, 0.6) is 0 Å². The molecule has 4 nitrogen and oxygen atoms in total. The molecule has 25 heavy (non-hydrogen) atoms. The highest BCUT2D eigenvalue weighted by molar-refractivity contribution is 7.21. The van der Waals surface area contributed by atoms with E-state index < -0.39 is 0 Å². The molecule has 2 aromatic carbocycles. The Kier molecular flexibility index (Phi) is 5.36. The summed E-state index contributed by atoms with van der Waals surface area (Å²) in [5.41, 5.74) is 1.82. The zero-order chi connectivity index (χ0) is 17.8. The molecule has 128 valence electrons. The molecular formula is C19H17ClN2O2S. The molecule has 0 aliphatic rings. The first-order valence-electron chi connectivity index (χ1n) is 7.93. The van der Waals surface area contributed by atoms with Crippen LogP contribution >= 0.6 is 22.9 Å². The van der Waals surface area contributed by atoms with Crippen molar-refractivity contribution in [2.75, 3.05) is 11.9 Å². The van der Waals surface area contributed by atoms with Crippen molar-refractivity contribution in [1.82, 2.24) is 5.32 Å². The van der Waals surface area contributed by atoms with E-state index in [1.807, 2.05) is 55.5 Å². The number of amides is 2. The van der Waals surface area contributed by atoms with Gasteiger partial charge < -0.3 is 10.6 Å². The Morgan fingerprint density at radius 1 is 1.08 bits per heavy atom. The molecule has 1 aromatic heterocycles. The van der Waals surface area contributed by atoms with Crippen LogP contribution in [-0.4, -0.2) is 18.4 Å². The number of fused-ring (bicyclic) bond motifs is 1. The van der Waals surface area contributed by atoms with Crippen molar-refractivity contribution in [1.29, 1.82) is 0 Å². The summed E-state index contributed by atoms with van der Waals surface area (Å²) in [5.74, 6) is -0.614. The number of carbonyl (C=O) groups excluding carboxylic acids is 2. The maximum Gasteiger partial charge on any atom is 0.263 e. The molecule has 0 spiro atoms. The van der Waals surface area contributed by atoms with Gasteiger partial charge in [0.25, 0.3) is 5.91 Å². The highest BCUT2D eigenvalue weighted by atomic mass is 35.5. The largest absolute Gasteiger partial charge is 0.342 e. The lowest BCUT2D eigenvalue weighted by molar-refractivity contribution is -0.115. The minimum atomic E-state index is -0.342. The van der Waals surface area contributed by atoms with Gasteiger partial charge in [0.1, 0.15) is 4.88 Å². The number of para-hydroxylation sites is 1. The van der Waals surface area contributed by atoms with Crippen molar-refractivity contribution in [3.8, 4) is 0 Å². The van der Waals surface area contributed by atoms with E-state index in [2.05, 4.69) is 10.6 Å². The van der Waals surface area contributed by atoms with Gasteiger partial charge in [0.05, 0.1) is 11.6 Å². The SMILES string of the molecule is CCc1ccccc1NC(=O)CNC(=O)c1sc2ccccc2c1Cl. The summed E-state index contributed by atoms with van der Waals surface area (Å²) >= 11 is 7.60. The molecule has 0 saturated carbocycles. The van der Waals surface area contributed by atoms with Crippen molar-refractivity contribution in [3.63, 3.8) is 0 Å². The van der Waals surface area contributed by atoms with Crippen molar-refractivity contribution in [2.24, 2.45) is 0 Å². The van der Waals surface area contributed by atoms with Crippen LogP contribution in [0.3, 0.4) is 0 Å². The lowest BCUT2D eigenvalue weighted by atomic mass is 10.1. The van der Waals surface area contributed by atoms with Gasteiger partial charge in [-0.1, -0.05) is 54.9 Å². The summed E-state index contributed by atoms with van der Waals surface area (Å²) in [6.45, 7) is 1.91. The topological polar surface area (TPSA) is 58.2 Å². The molecule has 3 aromatic rings. The monoisotopic (exact) mass is 372 g/mol. The lowest BCUT2D eigenvalue weighted by Gasteiger charge is -2.10. The Bertz CT molecular complexity index is 936. The van der Waals surface area contributed by atoms with E-state index in [4.69, 9.17) is 11.6 Å². The van der Waals surface area contributed by atoms with Crippen molar-refractivity contribution < 1.29 is 9.59 Å². The second-order valence-corrected chi connectivity index (χ2v) is 6.91. The second kappa shape index (κ2) is 7.68. The number of anilines is 1. The predicted octanol–water partition coefficient (Wildman–Crippen LogP) is 4.49. The fourth-order valence-electron chi connectivity index (χ4n) is 2.55. The third kappa shape index (κ3) is 3.83. The van der Waals surface area contributed by atoms with Crippen LogP contribution < -0.4 is 10.6 Å². The van der Waals surface area contributed by atoms with Gasteiger partial charge >= 0.3 is 0 Å². The number of benzene rings is 2. The maximum atomic E-state index is 12.4. The summed E-state index contributed by atoms with van der Waals surface area (Å²) in [5, 5.41) is 6.73. The van der Waals surface area contributed by atoms with Gasteiger partial charge in [0.15, 0.2) is 0 Å². The minimum absolute atomic E-state index is 0.110. The van der Waals surface area contributed by atoms with Crippen LogP contribution in [0, 0.1) is 0 Å². The molecule has 0 bridgehead atoms. The fourth-order valence-corrected chi connectivity index (χ4v) is 3.98. The average molecular weight is 373 g/mol. The third-order valence-corrected chi connectivity index (χ3v) is 5.50. The summed E-state index contributed by atoms with van der Waals surface area (Å²) in [6, 6.07) is 15.2. The van der Waals surface area contributed by atoms with Crippen molar-refractivity contribution >= 4 is 50.5 Å². The second-order valence-electron chi connectivity index (χ2n) is 5.48. The first kappa shape index (κ1) is 17.5. The van der Waals surface area contributed by atoms with Crippen LogP contribution in [0.25, 0.3) is 10.1 Å². The van der Waals surface area contributed by atoms with E-state index in [1.54, 1.807) is 0 Å². The predicted molar refractivity (Wildman–Crippen MR) is 104 cm³/mol. The Labute approximate surface area is 154 Å². The molecular weight excluding hydrogens is 356 g/mol. The van der Waals surface area contributed by atoms with Crippen LogP contribution in [0.15, 0.2) is 48.5 Å². The minimum Gasteiger partial charge on any atom is -0.342 e. The summed E-state index contributed by atoms with van der Waals surface area (Å²) in [7, 11) is 0. The van der Waals surface area contributed by atoms with Crippen LogP contribution in [-0.2, 0) is 11.2 Å². The summed E-state index contributed by atoms with van der Waals surface area (Å²) < 4.78 is 0.943. The quantitative estimate of drug-likeness (QED) is 0.693. The number of hydrogen-bond donors (Lipinski definition) is 2. The number of hydrogen-bond acceptors (Lipinski definition) is 3. The van der Waals surface area contributed by atoms with E-state index in [1.165, 1.54) is 11.3 Å². The average Bonchev–Trinajstić information content (AvgIpc) is 2.97. The Morgan fingerprint density at radius 3 is 2.56 bits per heavy atom. The normalized spacial score (nSPS) is 10.6. The third-order valence-electron chi connectivity index (χ3n) is 3.82. The molecule has 2 amide bonds. The van der Waals surface area contributed by atoms with Gasteiger partial charge in [-0.25, -0.2) is 0 Å². The van der Waals surface area contributed by atoms with Crippen molar-refractivity contribution in [2.45, 2.75) is 13.3 Å². The lowest BCUT2D eigenvalue weighted by Crippen LogP contribution is -2.32. The smallest absolute Gasteiger partial charge is 0.263 e. The van der Waals surface area contributed by atoms with Gasteiger partial charge in [-0.15, -0.1) is 11.3 Å². The van der Waals surface area contributed by atoms with Gasteiger partial charge in [-0.3, -0.25) is 9.59 Å². The van der Waals surface area contributed by atoms with E-state index >= 15 is 0 Å². The van der Waals surface area contributed by atoms with Gasteiger partial charge in [-0.05, 0) is 24.1 Å². The van der Waals surface area contributed by atoms with Crippen molar-refractivity contribution in [3.05, 3.63) is 64.0 Å². The first-order valence-corrected chi connectivity index (χ1v) is 9.12. The van der Waals surface area contributed by atoms with E-state index in [-0.39, 0.29) is 18.4 Å². The van der Waals surface area contributed by atoms with Gasteiger partial charge in [0, 0.05) is 15.8 Å². The Morgan fingerprint density at radius 2 is 1.80 bits per heavy atom. The van der Waals surface area contributed by atoms with Crippen LogP contribution in [0.4, 0.5) is 5.69 Å². The maximum absolute atomic E-state index is 12.4. The zero-order valence-corrected chi connectivity index (χ0v) is 15.2. The van der Waals surface area contributed by atoms with Gasteiger partial charge in [0.2, 0.25) is 5.91 Å². The molecule has 0 aliphatic heterocycles. The van der Waals surface area contributed by atoms with Gasteiger partial charge in [-0.2, -0.15) is 0 Å². The molecule has 1 heterocycles. The summed E-state index contributed by atoms with van der Waals surface area (Å²) in [6.07, 6.45) is 0.820. The standard InChI is InChI=1S/C19H17ClN2O2S/c1-2-12-7-3-5-9-14(12)22-16(23)11-21-19(24)18-17(20)13-8-4-6-10-15(13)25-18/h3-10H,2,11H2,1H3,(H,21,24)(H,22,23). The number of thiophene rings is 1. The van der Waals surface area contributed by atoms with Crippen LogP contribution in [0.1, 0.15) is 22.2 Å². The highest BCUT2D eigenvalue weighted by Crippen LogP contribution is 2.34. The zero-order valence-electron chi connectivity index (χ0n) is 13.6. The highest BCUT2D eigenvalue weighted by Gasteiger charge is 2.17. The molecule has 3 rings (SSSR count). The van der Waals surface area contributed by atoms with E-state index in [9.17, 15) is 9.59 Å². The molecule has 0 saturated heterocycles. The molecule has 0 atom stereocenters. The molecule has 2 N–H and O–H groups in total. The molecule has 0 fully saturated rings. The Hall–Kier alpha value is -2.37. The molecule has 6 heteroatoms. The summed E-state index contributed by atoms with van der Waals surface area (Å²) in [4.78, 5) is 24.9. The van der Waals surface area contributed by atoms with E-state index in [0.29, 0.717) is 9.90 Å². The molecule has 0 aliphatic carbocycles. The number of nitrogens with one attached hydrogen (secondary N) is 2. The van der Waals surface area contributed by atoms with Crippen LogP contribution in [0.2, 0.25) is 5.02 Å². The number of carbonyl (C=O) groups is 2. The fraction of sp³-hybridized carbons (Fsp3) is 0.158. The molecule has 0 unspecified atom stereocenters. The number of aryl methyl sites for hydroxylation is 1. The molecule has 0 radical (unpaired) electrons. The number of rotatable bonds is 5. The van der Waals surface area contributed by atoms with E-state index in [0.717, 1.165) is 27.8 Å². The Balaban J connectivity index is 1.65. The number of halogens is 1. The first-order chi connectivity index (χ1) is 12.1.